The lowest BCUT2D eigenvalue weighted by atomic mass is 10.0. The summed E-state index contributed by atoms with van der Waals surface area (Å²) in [6, 6.07) is 6.00. The van der Waals surface area contributed by atoms with Gasteiger partial charge in [0.05, 0.1) is 25.9 Å². The van der Waals surface area contributed by atoms with Gasteiger partial charge in [0.25, 0.3) is 0 Å². The van der Waals surface area contributed by atoms with E-state index in [0.29, 0.717) is 19.6 Å². The van der Waals surface area contributed by atoms with Crippen molar-refractivity contribution in [2.24, 2.45) is 0 Å². The van der Waals surface area contributed by atoms with Crippen molar-refractivity contribution >= 4 is 12.4 Å². The van der Waals surface area contributed by atoms with Crippen molar-refractivity contribution in [3.63, 3.8) is 0 Å². The third-order valence-electron chi connectivity index (χ3n) is 3.51. The predicted molar refractivity (Wildman–Crippen MR) is 86.1 cm³/mol. The van der Waals surface area contributed by atoms with Gasteiger partial charge in [-0.05, 0) is 31.9 Å². The Labute approximate surface area is 132 Å². The smallest absolute Gasteiger partial charge is 0.126 e. The number of carbonyl (C=O) groups is 1. The van der Waals surface area contributed by atoms with E-state index in [1.165, 1.54) is 0 Å². The van der Waals surface area contributed by atoms with Crippen LogP contribution >= 0.6 is 0 Å². The SMILES string of the molecule is CCOc1cccc([C@@H](C)OCC2CO2)c1/C=C/CCC=O. The molecule has 120 valence electrons. The molecular formula is C18H24O4. The first-order chi connectivity index (χ1) is 10.8. The first kappa shape index (κ1) is 16.7. The average molecular weight is 304 g/mol. The summed E-state index contributed by atoms with van der Waals surface area (Å²) >= 11 is 0. The monoisotopic (exact) mass is 304 g/mol. The van der Waals surface area contributed by atoms with Gasteiger partial charge in [-0.15, -0.1) is 0 Å². The number of aldehydes is 1. The Hall–Kier alpha value is -1.65. The maximum absolute atomic E-state index is 10.4. The van der Waals surface area contributed by atoms with Crippen molar-refractivity contribution in [3.8, 4) is 5.75 Å². The van der Waals surface area contributed by atoms with E-state index in [4.69, 9.17) is 14.2 Å². The summed E-state index contributed by atoms with van der Waals surface area (Å²) in [6.07, 6.45) is 6.45. The predicted octanol–water partition coefficient (Wildman–Crippen LogP) is 3.55. The first-order valence-corrected chi connectivity index (χ1v) is 7.85. The van der Waals surface area contributed by atoms with Crippen LogP contribution in [0.4, 0.5) is 0 Å². The van der Waals surface area contributed by atoms with E-state index >= 15 is 0 Å². The van der Waals surface area contributed by atoms with Crippen LogP contribution in [0.25, 0.3) is 6.08 Å². The quantitative estimate of drug-likeness (QED) is 0.377. The molecular weight excluding hydrogens is 280 g/mol. The highest BCUT2D eigenvalue weighted by atomic mass is 16.6. The highest BCUT2D eigenvalue weighted by molar-refractivity contribution is 5.62. The van der Waals surface area contributed by atoms with Crippen molar-refractivity contribution in [2.45, 2.75) is 38.9 Å². The van der Waals surface area contributed by atoms with E-state index in [1.807, 2.05) is 38.1 Å². The minimum atomic E-state index is -0.0321. The van der Waals surface area contributed by atoms with Crippen molar-refractivity contribution < 1.29 is 19.0 Å². The average Bonchev–Trinajstić information content (AvgIpc) is 3.35. The summed E-state index contributed by atoms with van der Waals surface area (Å²) in [4.78, 5) is 10.4. The van der Waals surface area contributed by atoms with Crippen LogP contribution < -0.4 is 4.74 Å². The minimum absolute atomic E-state index is 0.0321. The molecule has 0 radical (unpaired) electrons. The number of ether oxygens (including phenoxy) is 3. The second-order valence-corrected chi connectivity index (χ2v) is 5.27. The van der Waals surface area contributed by atoms with Crippen LogP contribution in [-0.4, -0.2) is 32.2 Å². The lowest BCUT2D eigenvalue weighted by molar-refractivity contribution is -0.107. The Balaban J connectivity index is 2.15. The number of unbranched alkanes of at least 4 members (excludes halogenated alkanes) is 1. The molecule has 0 saturated carbocycles. The highest BCUT2D eigenvalue weighted by Crippen LogP contribution is 2.31. The molecule has 2 atom stereocenters. The standard InChI is InChI=1S/C18H24O4/c1-3-20-18-10-7-9-16(14(2)21-12-15-13-22-15)17(18)8-5-4-6-11-19/h5,7-11,14-15H,3-4,6,12-13H2,1-2H3/b8-5+/t14-,15?/m1/s1. The van der Waals surface area contributed by atoms with Crippen LogP contribution in [0.3, 0.4) is 0 Å². The van der Waals surface area contributed by atoms with E-state index in [2.05, 4.69) is 6.07 Å². The number of allylic oxidation sites excluding steroid dienone is 1. The summed E-state index contributed by atoms with van der Waals surface area (Å²) in [5.74, 6) is 0.848. The molecule has 4 heteroatoms. The fourth-order valence-electron chi connectivity index (χ4n) is 2.25. The van der Waals surface area contributed by atoms with Gasteiger partial charge in [0, 0.05) is 12.0 Å². The van der Waals surface area contributed by atoms with Crippen LogP contribution in [0.2, 0.25) is 0 Å². The van der Waals surface area contributed by atoms with Crippen molar-refractivity contribution in [2.75, 3.05) is 19.8 Å². The molecule has 0 aromatic heterocycles. The molecule has 1 saturated heterocycles. The van der Waals surface area contributed by atoms with Crippen molar-refractivity contribution in [3.05, 3.63) is 35.4 Å². The molecule has 1 fully saturated rings. The van der Waals surface area contributed by atoms with E-state index in [0.717, 1.165) is 36.2 Å². The Bertz CT molecular complexity index is 506. The molecule has 2 rings (SSSR count). The molecule has 1 aliphatic rings. The summed E-state index contributed by atoms with van der Waals surface area (Å²) in [6.45, 7) is 6.04. The van der Waals surface area contributed by atoms with E-state index in [1.54, 1.807) is 0 Å². The molecule has 1 aliphatic heterocycles. The lowest BCUT2D eigenvalue weighted by Crippen LogP contribution is -2.08. The summed E-state index contributed by atoms with van der Waals surface area (Å²) < 4.78 is 16.8. The van der Waals surface area contributed by atoms with Crippen LogP contribution in [0.1, 0.15) is 43.9 Å². The van der Waals surface area contributed by atoms with Gasteiger partial charge in [-0.25, -0.2) is 0 Å². The van der Waals surface area contributed by atoms with Gasteiger partial charge < -0.3 is 19.0 Å². The van der Waals surface area contributed by atoms with E-state index in [-0.39, 0.29) is 12.2 Å². The summed E-state index contributed by atoms with van der Waals surface area (Å²) in [5, 5.41) is 0. The summed E-state index contributed by atoms with van der Waals surface area (Å²) in [5.41, 5.74) is 2.12. The fraction of sp³-hybridized carbons (Fsp3) is 0.500. The highest BCUT2D eigenvalue weighted by Gasteiger charge is 2.24. The van der Waals surface area contributed by atoms with Gasteiger partial charge in [-0.2, -0.15) is 0 Å². The summed E-state index contributed by atoms with van der Waals surface area (Å²) in [7, 11) is 0. The first-order valence-electron chi connectivity index (χ1n) is 7.85. The van der Waals surface area contributed by atoms with Gasteiger partial charge >= 0.3 is 0 Å². The molecule has 0 spiro atoms. The van der Waals surface area contributed by atoms with Gasteiger partial charge in [-0.3, -0.25) is 0 Å². The number of carbonyl (C=O) groups excluding carboxylic acids is 1. The number of rotatable bonds is 10. The van der Waals surface area contributed by atoms with Crippen molar-refractivity contribution in [1.82, 2.24) is 0 Å². The fourth-order valence-corrected chi connectivity index (χ4v) is 2.25. The maximum atomic E-state index is 10.4. The lowest BCUT2D eigenvalue weighted by Gasteiger charge is -2.18. The van der Waals surface area contributed by atoms with Gasteiger partial charge in [0.1, 0.15) is 18.1 Å². The zero-order chi connectivity index (χ0) is 15.8. The molecule has 0 bridgehead atoms. The molecule has 1 heterocycles. The number of epoxide rings is 1. The third kappa shape index (κ3) is 4.97. The molecule has 0 amide bonds. The Morgan fingerprint density at radius 1 is 1.41 bits per heavy atom. The molecule has 22 heavy (non-hydrogen) atoms. The molecule has 0 N–H and O–H groups in total. The molecule has 0 aliphatic carbocycles. The number of benzene rings is 1. The number of hydrogen-bond acceptors (Lipinski definition) is 4. The molecule has 1 unspecified atom stereocenters. The normalized spacial score (nSPS) is 18.4. The van der Waals surface area contributed by atoms with Crippen LogP contribution in [0.5, 0.6) is 5.75 Å². The van der Waals surface area contributed by atoms with E-state index in [9.17, 15) is 4.79 Å². The van der Waals surface area contributed by atoms with Crippen LogP contribution in [-0.2, 0) is 14.3 Å². The second kappa shape index (κ2) is 8.71. The molecule has 4 nitrogen and oxygen atoms in total. The van der Waals surface area contributed by atoms with Crippen LogP contribution in [0.15, 0.2) is 24.3 Å². The molecule has 1 aromatic rings. The zero-order valence-corrected chi connectivity index (χ0v) is 13.3. The van der Waals surface area contributed by atoms with Gasteiger partial charge in [0.15, 0.2) is 0 Å². The third-order valence-corrected chi connectivity index (χ3v) is 3.51. The van der Waals surface area contributed by atoms with Crippen molar-refractivity contribution in [1.29, 1.82) is 0 Å². The zero-order valence-electron chi connectivity index (χ0n) is 13.3. The Morgan fingerprint density at radius 2 is 2.23 bits per heavy atom. The number of hydrogen-bond donors (Lipinski definition) is 0. The minimum Gasteiger partial charge on any atom is -0.493 e. The van der Waals surface area contributed by atoms with E-state index < -0.39 is 0 Å². The van der Waals surface area contributed by atoms with Gasteiger partial charge in [0.2, 0.25) is 0 Å². The largest absolute Gasteiger partial charge is 0.493 e. The second-order valence-electron chi connectivity index (χ2n) is 5.27. The van der Waals surface area contributed by atoms with Gasteiger partial charge in [-0.1, -0.05) is 24.3 Å². The van der Waals surface area contributed by atoms with Crippen LogP contribution in [0, 0.1) is 0 Å². The Morgan fingerprint density at radius 3 is 2.91 bits per heavy atom. The maximum Gasteiger partial charge on any atom is 0.126 e. The topological polar surface area (TPSA) is 48.1 Å². The molecule has 1 aromatic carbocycles. The Kier molecular flexibility index (Phi) is 6.62.